The number of aliphatic hydroxyl groups excluding tert-OH is 1. The summed E-state index contributed by atoms with van der Waals surface area (Å²) in [5.74, 6) is 0.774. The Labute approximate surface area is 121 Å². The number of nitrogens with one attached hydrogen (secondary N) is 1. The van der Waals surface area contributed by atoms with Gasteiger partial charge < -0.3 is 19.6 Å². The van der Waals surface area contributed by atoms with Crippen molar-refractivity contribution in [3.05, 3.63) is 24.3 Å². The Morgan fingerprint density at radius 1 is 1.24 bits per heavy atom. The second-order valence-corrected chi connectivity index (χ2v) is 5.20. The van der Waals surface area contributed by atoms with Gasteiger partial charge in [-0.2, -0.15) is 13.2 Å². The summed E-state index contributed by atoms with van der Waals surface area (Å²) in [5.41, 5.74) is 1.03. The van der Waals surface area contributed by atoms with Gasteiger partial charge in [-0.3, -0.25) is 0 Å². The maximum absolute atomic E-state index is 12.3. The lowest BCUT2D eigenvalue weighted by atomic mass is 10.2. The first kappa shape index (κ1) is 15.9. The van der Waals surface area contributed by atoms with Gasteiger partial charge in [-0.15, -0.1) is 0 Å². The average Bonchev–Trinajstić information content (AvgIpc) is 2.47. The predicted molar refractivity (Wildman–Crippen MR) is 72.8 cm³/mol. The van der Waals surface area contributed by atoms with Crippen molar-refractivity contribution in [3.63, 3.8) is 0 Å². The molecule has 21 heavy (non-hydrogen) atoms. The summed E-state index contributed by atoms with van der Waals surface area (Å²) in [7, 11) is 1.60. The molecule has 1 atom stereocenters. The number of hydrogen-bond donors (Lipinski definition) is 2. The molecule has 4 nitrogen and oxygen atoms in total. The largest absolute Gasteiger partial charge is 0.497 e. The zero-order chi connectivity index (χ0) is 15.5. The molecule has 0 spiro atoms. The third-order valence-corrected chi connectivity index (χ3v) is 3.77. The molecule has 1 aromatic rings. The maximum atomic E-state index is 12.3. The Bertz CT molecular complexity index is 443. The minimum atomic E-state index is -4.53. The summed E-state index contributed by atoms with van der Waals surface area (Å²) in [6, 6.07) is 7.60. The fraction of sp³-hybridized carbons (Fsp3) is 0.571. The SMILES string of the molecule is COc1ccc(N2CC[NH+](C[C@@H](O)C(F)(F)F)CC2)cc1. The molecule has 7 heteroatoms. The molecule has 0 amide bonds. The molecule has 1 saturated heterocycles. The van der Waals surface area contributed by atoms with Crippen LogP contribution in [0.15, 0.2) is 24.3 Å². The molecular weight excluding hydrogens is 285 g/mol. The molecule has 1 fully saturated rings. The summed E-state index contributed by atoms with van der Waals surface area (Å²) in [4.78, 5) is 2.91. The van der Waals surface area contributed by atoms with Crippen LogP contribution in [0.2, 0.25) is 0 Å². The van der Waals surface area contributed by atoms with Gasteiger partial charge in [0.15, 0.2) is 6.10 Å². The van der Waals surface area contributed by atoms with E-state index in [0.717, 1.165) is 16.3 Å². The van der Waals surface area contributed by atoms with Gasteiger partial charge in [0, 0.05) is 5.69 Å². The number of alkyl halides is 3. The van der Waals surface area contributed by atoms with Crippen LogP contribution in [0.3, 0.4) is 0 Å². The Kier molecular flexibility index (Phi) is 4.95. The van der Waals surface area contributed by atoms with Crippen molar-refractivity contribution in [2.75, 3.05) is 44.7 Å². The molecule has 2 N–H and O–H groups in total. The number of aliphatic hydroxyl groups is 1. The molecule has 1 aliphatic heterocycles. The number of rotatable bonds is 4. The van der Waals surface area contributed by atoms with Crippen LogP contribution in [-0.4, -0.2) is 57.2 Å². The van der Waals surface area contributed by atoms with E-state index in [-0.39, 0.29) is 6.54 Å². The van der Waals surface area contributed by atoms with Crippen molar-refractivity contribution < 1.29 is 27.9 Å². The molecule has 1 aliphatic rings. The van der Waals surface area contributed by atoms with Gasteiger partial charge in [0.25, 0.3) is 0 Å². The Morgan fingerprint density at radius 3 is 2.29 bits per heavy atom. The van der Waals surface area contributed by atoms with E-state index in [1.807, 2.05) is 24.3 Å². The number of methoxy groups -OCH3 is 1. The molecule has 2 rings (SSSR count). The van der Waals surface area contributed by atoms with Gasteiger partial charge in [-0.1, -0.05) is 0 Å². The summed E-state index contributed by atoms with van der Waals surface area (Å²) in [5, 5.41) is 9.11. The van der Waals surface area contributed by atoms with Crippen LogP contribution >= 0.6 is 0 Å². The highest BCUT2D eigenvalue weighted by atomic mass is 19.4. The summed E-state index contributed by atoms with van der Waals surface area (Å²) >= 11 is 0. The Balaban J connectivity index is 1.85. The number of ether oxygens (including phenoxy) is 1. The smallest absolute Gasteiger partial charge is 0.419 e. The number of nitrogens with zero attached hydrogens (tertiary/aromatic N) is 1. The highest BCUT2D eigenvalue weighted by molar-refractivity contribution is 5.49. The fourth-order valence-corrected chi connectivity index (χ4v) is 2.47. The Morgan fingerprint density at radius 2 is 1.81 bits per heavy atom. The van der Waals surface area contributed by atoms with E-state index in [1.165, 1.54) is 0 Å². The van der Waals surface area contributed by atoms with E-state index >= 15 is 0 Å². The topological polar surface area (TPSA) is 37.1 Å². The van der Waals surface area contributed by atoms with Crippen LogP contribution in [0.4, 0.5) is 18.9 Å². The van der Waals surface area contributed by atoms with E-state index in [2.05, 4.69) is 4.90 Å². The number of benzene rings is 1. The van der Waals surface area contributed by atoms with Crippen molar-refractivity contribution in [2.45, 2.75) is 12.3 Å². The maximum Gasteiger partial charge on any atom is 0.419 e. The van der Waals surface area contributed by atoms with Crippen molar-refractivity contribution in [1.82, 2.24) is 0 Å². The molecule has 0 unspecified atom stereocenters. The molecule has 0 radical (unpaired) electrons. The first-order valence-corrected chi connectivity index (χ1v) is 6.87. The van der Waals surface area contributed by atoms with Crippen molar-refractivity contribution in [2.24, 2.45) is 0 Å². The molecule has 1 aromatic carbocycles. The first-order chi connectivity index (χ1) is 9.90. The number of quaternary nitrogens is 1. The zero-order valence-corrected chi connectivity index (χ0v) is 11.9. The molecule has 0 saturated carbocycles. The number of halogens is 3. The van der Waals surface area contributed by atoms with Gasteiger partial charge in [-0.05, 0) is 24.3 Å². The Hall–Kier alpha value is -1.47. The fourth-order valence-electron chi connectivity index (χ4n) is 2.47. The molecule has 0 bridgehead atoms. The summed E-state index contributed by atoms with van der Waals surface area (Å²) in [6.07, 6.45) is -6.76. The zero-order valence-electron chi connectivity index (χ0n) is 11.9. The minimum absolute atomic E-state index is 0.278. The molecule has 0 aromatic heterocycles. The lowest BCUT2D eigenvalue weighted by Crippen LogP contribution is -3.16. The van der Waals surface area contributed by atoms with Gasteiger partial charge in [-0.25, -0.2) is 0 Å². The molecule has 118 valence electrons. The number of anilines is 1. The number of piperazine rings is 1. The summed E-state index contributed by atoms with van der Waals surface area (Å²) in [6.45, 7) is 2.23. The highest BCUT2D eigenvalue weighted by Crippen LogP contribution is 2.20. The van der Waals surface area contributed by atoms with Crippen molar-refractivity contribution >= 4 is 5.69 Å². The average molecular weight is 305 g/mol. The number of hydrogen-bond acceptors (Lipinski definition) is 3. The van der Waals surface area contributed by atoms with Gasteiger partial charge in [0.2, 0.25) is 0 Å². The molecular formula is C14H20F3N2O2+. The van der Waals surface area contributed by atoms with Crippen LogP contribution in [0.25, 0.3) is 0 Å². The normalized spacial score (nSPS) is 18.6. The lowest BCUT2D eigenvalue weighted by Gasteiger charge is -2.34. The van der Waals surface area contributed by atoms with Gasteiger partial charge in [0.05, 0.1) is 33.3 Å². The van der Waals surface area contributed by atoms with Crippen molar-refractivity contribution in [3.8, 4) is 5.75 Å². The van der Waals surface area contributed by atoms with Gasteiger partial charge in [0.1, 0.15) is 12.3 Å². The van der Waals surface area contributed by atoms with E-state index in [9.17, 15) is 13.2 Å². The van der Waals surface area contributed by atoms with E-state index < -0.39 is 12.3 Å². The minimum Gasteiger partial charge on any atom is -0.497 e. The monoisotopic (exact) mass is 305 g/mol. The van der Waals surface area contributed by atoms with Gasteiger partial charge >= 0.3 is 6.18 Å². The van der Waals surface area contributed by atoms with Crippen LogP contribution in [-0.2, 0) is 0 Å². The quantitative estimate of drug-likeness (QED) is 0.841. The van der Waals surface area contributed by atoms with Crippen LogP contribution in [0.5, 0.6) is 5.75 Å². The summed E-state index contributed by atoms with van der Waals surface area (Å²) < 4.78 is 42.1. The van der Waals surface area contributed by atoms with E-state index in [1.54, 1.807) is 7.11 Å². The second-order valence-electron chi connectivity index (χ2n) is 5.20. The standard InChI is InChI=1S/C14H19F3N2O2/c1-21-12-4-2-11(3-5-12)19-8-6-18(7-9-19)10-13(20)14(15,16)17/h2-5,13,20H,6-10H2,1H3/p+1/t13-/m1/s1. The molecule has 1 heterocycles. The lowest BCUT2D eigenvalue weighted by molar-refractivity contribution is -0.905. The highest BCUT2D eigenvalue weighted by Gasteiger charge is 2.41. The molecule has 0 aliphatic carbocycles. The van der Waals surface area contributed by atoms with Crippen LogP contribution < -0.4 is 14.5 Å². The van der Waals surface area contributed by atoms with Crippen LogP contribution in [0, 0.1) is 0 Å². The third kappa shape index (κ3) is 4.25. The third-order valence-electron chi connectivity index (χ3n) is 3.77. The predicted octanol–water partition coefficient (Wildman–Crippen LogP) is 0.323. The van der Waals surface area contributed by atoms with E-state index in [4.69, 9.17) is 9.84 Å². The second kappa shape index (κ2) is 6.53. The van der Waals surface area contributed by atoms with E-state index in [0.29, 0.717) is 26.2 Å². The van der Waals surface area contributed by atoms with Crippen molar-refractivity contribution in [1.29, 1.82) is 0 Å². The van der Waals surface area contributed by atoms with Crippen LogP contribution in [0.1, 0.15) is 0 Å². The first-order valence-electron chi connectivity index (χ1n) is 6.87.